The number of hydrogen-bond acceptors (Lipinski definition) is 5. The highest BCUT2D eigenvalue weighted by Gasteiger charge is 2.36. The van der Waals surface area contributed by atoms with E-state index in [1.54, 1.807) is 53.4 Å². The molecule has 0 bridgehead atoms. The maximum Gasteiger partial charge on any atom is 0.254 e. The number of amides is 1. The van der Waals surface area contributed by atoms with Crippen LogP contribution >= 0.6 is 11.6 Å². The minimum absolute atomic E-state index is 0.0806. The Balaban J connectivity index is 1.39. The summed E-state index contributed by atoms with van der Waals surface area (Å²) in [7, 11) is -3.72. The molecule has 1 aliphatic heterocycles. The number of guanidine groups is 1. The van der Waals surface area contributed by atoms with Gasteiger partial charge in [0.2, 0.25) is 10.0 Å². The predicted octanol–water partition coefficient (Wildman–Crippen LogP) is 4.71. The summed E-state index contributed by atoms with van der Waals surface area (Å²) in [5.74, 6) is 0.274. The minimum Gasteiger partial charge on any atom is -0.459 e. The van der Waals surface area contributed by atoms with Crippen molar-refractivity contribution in [2.24, 2.45) is 16.5 Å². The van der Waals surface area contributed by atoms with Crippen LogP contribution in [0.2, 0.25) is 5.02 Å². The number of rotatable bonds is 8. The van der Waals surface area contributed by atoms with Crippen molar-refractivity contribution in [2.45, 2.75) is 19.0 Å². The average molecular weight is 578 g/mol. The SMILES string of the molecule is NC(N)=Nc1ccc(C(=O)N(Cc2cc3ccccc3o2)C2CCN(S(=O)(=O)/C=C/c3ccc(Cl)cc3)C2)cc1. The summed E-state index contributed by atoms with van der Waals surface area (Å²) in [6.45, 7) is 0.624. The molecular formula is C29H28ClN5O4S. The van der Waals surface area contributed by atoms with Crippen molar-refractivity contribution in [2.75, 3.05) is 13.1 Å². The highest BCUT2D eigenvalue weighted by molar-refractivity contribution is 7.92. The summed E-state index contributed by atoms with van der Waals surface area (Å²) < 4.78 is 33.7. The lowest BCUT2D eigenvalue weighted by molar-refractivity contribution is 0.0657. The molecule has 1 amide bonds. The van der Waals surface area contributed by atoms with Gasteiger partial charge in [0, 0.05) is 40.5 Å². The van der Waals surface area contributed by atoms with Gasteiger partial charge < -0.3 is 20.8 Å². The molecule has 206 valence electrons. The molecule has 2 heterocycles. The predicted molar refractivity (Wildman–Crippen MR) is 157 cm³/mol. The van der Waals surface area contributed by atoms with Crippen molar-refractivity contribution in [1.29, 1.82) is 0 Å². The summed E-state index contributed by atoms with van der Waals surface area (Å²) in [5.41, 5.74) is 13.3. The lowest BCUT2D eigenvalue weighted by atomic mass is 10.1. The van der Waals surface area contributed by atoms with Crippen LogP contribution in [0.25, 0.3) is 17.0 Å². The van der Waals surface area contributed by atoms with Crippen molar-refractivity contribution in [3.8, 4) is 0 Å². The number of furan rings is 1. The zero-order chi connectivity index (χ0) is 28.3. The highest BCUT2D eigenvalue weighted by Crippen LogP contribution is 2.27. The lowest BCUT2D eigenvalue weighted by Gasteiger charge is -2.28. The van der Waals surface area contributed by atoms with Gasteiger partial charge in [-0.3, -0.25) is 4.79 Å². The van der Waals surface area contributed by atoms with Crippen molar-refractivity contribution < 1.29 is 17.6 Å². The Morgan fingerprint density at radius 1 is 1.07 bits per heavy atom. The summed E-state index contributed by atoms with van der Waals surface area (Å²) in [4.78, 5) is 19.5. The monoisotopic (exact) mass is 577 g/mol. The third kappa shape index (κ3) is 6.36. The van der Waals surface area contributed by atoms with E-state index in [9.17, 15) is 13.2 Å². The van der Waals surface area contributed by atoms with Crippen LogP contribution in [0.15, 0.2) is 93.7 Å². The summed E-state index contributed by atoms with van der Waals surface area (Å²) >= 11 is 5.92. The molecule has 0 radical (unpaired) electrons. The van der Waals surface area contributed by atoms with E-state index in [4.69, 9.17) is 27.5 Å². The second kappa shape index (κ2) is 11.5. The first-order valence-electron chi connectivity index (χ1n) is 12.6. The molecular weight excluding hydrogens is 550 g/mol. The molecule has 1 aromatic heterocycles. The Labute approximate surface area is 237 Å². The molecule has 0 aliphatic carbocycles. The van der Waals surface area contributed by atoms with E-state index in [1.807, 2.05) is 30.3 Å². The first-order chi connectivity index (χ1) is 19.2. The molecule has 1 saturated heterocycles. The molecule has 1 aliphatic rings. The van der Waals surface area contributed by atoms with E-state index in [1.165, 1.54) is 15.8 Å². The molecule has 4 aromatic rings. The smallest absolute Gasteiger partial charge is 0.254 e. The van der Waals surface area contributed by atoms with Crippen molar-refractivity contribution >= 4 is 56.2 Å². The molecule has 4 N–H and O–H groups in total. The Hall–Kier alpha value is -4.12. The highest BCUT2D eigenvalue weighted by atomic mass is 35.5. The van der Waals surface area contributed by atoms with Crippen LogP contribution in [0.4, 0.5) is 5.69 Å². The van der Waals surface area contributed by atoms with Gasteiger partial charge in [0.15, 0.2) is 5.96 Å². The van der Waals surface area contributed by atoms with Crippen LogP contribution in [-0.2, 0) is 16.6 Å². The third-order valence-corrected chi connectivity index (χ3v) is 8.45. The maximum absolute atomic E-state index is 13.8. The van der Waals surface area contributed by atoms with Gasteiger partial charge in [0.05, 0.1) is 12.2 Å². The van der Waals surface area contributed by atoms with E-state index < -0.39 is 10.0 Å². The fourth-order valence-electron chi connectivity index (χ4n) is 4.66. The molecule has 40 heavy (non-hydrogen) atoms. The normalized spacial score (nSPS) is 16.0. The number of benzene rings is 3. The van der Waals surface area contributed by atoms with Gasteiger partial charge in [-0.15, -0.1) is 0 Å². The number of sulfonamides is 1. The molecule has 11 heteroatoms. The molecule has 9 nitrogen and oxygen atoms in total. The number of carbonyl (C=O) groups excluding carboxylic acids is 1. The zero-order valence-corrected chi connectivity index (χ0v) is 23.1. The molecule has 3 aromatic carbocycles. The van der Waals surface area contributed by atoms with Gasteiger partial charge >= 0.3 is 0 Å². The van der Waals surface area contributed by atoms with Crippen LogP contribution in [0.1, 0.15) is 28.1 Å². The van der Waals surface area contributed by atoms with Crippen molar-refractivity contribution in [3.63, 3.8) is 0 Å². The van der Waals surface area contributed by atoms with E-state index in [0.717, 1.165) is 16.5 Å². The number of hydrogen-bond donors (Lipinski definition) is 2. The Bertz CT molecular complexity index is 1640. The first kappa shape index (κ1) is 27.4. The van der Waals surface area contributed by atoms with Gasteiger partial charge in [-0.2, -0.15) is 4.31 Å². The Morgan fingerprint density at radius 2 is 1.80 bits per heavy atom. The van der Waals surface area contributed by atoms with E-state index in [2.05, 4.69) is 4.99 Å². The number of nitrogens with zero attached hydrogens (tertiary/aromatic N) is 3. The summed E-state index contributed by atoms with van der Waals surface area (Å²) in [6, 6.07) is 22.6. The summed E-state index contributed by atoms with van der Waals surface area (Å²) in [6.07, 6.45) is 2.01. The molecule has 1 unspecified atom stereocenters. The Morgan fingerprint density at radius 3 is 2.50 bits per heavy atom. The van der Waals surface area contributed by atoms with Crippen LogP contribution in [-0.4, -0.2) is 48.6 Å². The largest absolute Gasteiger partial charge is 0.459 e. The molecule has 5 rings (SSSR count). The maximum atomic E-state index is 13.8. The number of nitrogens with two attached hydrogens (primary N) is 2. The van der Waals surface area contributed by atoms with Crippen molar-refractivity contribution in [1.82, 2.24) is 9.21 Å². The number of halogens is 1. The van der Waals surface area contributed by atoms with E-state index >= 15 is 0 Å². The van der Waals surface area contributed by atoms with Gasteiger partial charge in [-0.1, -0.05) is 41.9 Å². The van der Waals surface area contributed by atoms with Crippen LogP contribution in [0.5, 0.6) is 0 Å². The van der Waals surface area contributed by atoms with Crippen LogP contribution in [0, 0.1) is 0 Å². The van der Waals surface area contributed by atoms with Crippen LogP contribution in [0.3, 0.4) is 0 Å². The topological polar surface area (TPSA) is 135 Å². The van der Waals surface area contributed by atoms with E-state index in [0.29, 0.717) is 28.5 Å². The molecule has 1 fully saturated rings. The molecule has 0 saturated carbocycles. The lowest BCUT2D eigenvalue weighted by Crippen LogP contribution is -2.42. The second-order valence-corrected chi connectivity index (χ2v) is 11.7. The standard InChI is InChI=1S/C29H28ClN5O4S/c30-23-9-5-20(6-10-23)14-16-40(37,38)34-15-13-25(18-34)35(19-26-17-22-3-1-2-4-27(22)39-26)28(36)21-7-11-24(12-8-21)33-29(31)32/h1-12,14,16-17,25H,13,15,18-19H2,(H4,31,32,33)/b16-14+. The number of carbonyl (C=O) groups is 1. The average Bonchev–Trinajstić information content (AvgIpc) is 3.59. The number of para-hydroxylation sites is 1. The number of aliphatic imine (C=N–C) groups is 1. The van der Waals surface area contributed by atoms with Crippen molar-refractivity contribution in [3.05, 3.63) is 106 Å². The van der Waals surface area contributed by atoms with Gasteiger partial charge in [0.1, 0.15) is 11.3 Å². The number of fused-ring (bicyclic) bond motifs is 1. The summed E-state index contributed by atoms with van der Waals surface area (Å²) in [5, 5.41) is 2.68. The minimum atomic E-state index is -3.72. The second-order valence-electron chi connectivity index (χ2n) is 9.47. The quantitative estimate of drug-likeness (QED) is 0.230. The van der Waals surface area contributed by atoms with Crippen LogP contribution < -0.4 is 11.5 Å². The Kier molecular flexibility index (Phi) is 7.92. The first-order valence-corrected chi connectivity index (χ1v) is 14.5. The fourth-order valence-corrected chi connectivity index (χ4v) is 6.03. The van der Waals surface area contributed by atoms with Gasteiger partial charge in [0.25, 0.3) is 5.91 Å². The molecule has 1 atom stereocenters. The van der Waals surface area contributed by atoms with E-state index in [-0.39, 0.29) is 37.5 Å². The third-order valence-electron chi connectivity index (χ3n) is 6.67. The zero-order valence-electron chi connectivity index (χ0n) is 21.5. The van der Waals surface area contributed by atoms with Gasteiger partial charge in [-0.25, -0.2) is 13.4 Å². The molecule has 0 spiro atoms. The van der Waals surface area contributed by atoms with Gasteiger partial charge in [-0.05, 0) is 66.6 Å². The fraction of sp³-hybridized carbons (Fsp3) is 0.172.